The fourth-order valence-corrected chi connectivity index (χ4v) is 6.37. The molecule has 0 aromatic rings. The Labute approximate surface area is 128 Å². The number of rotatable bonds is 11. The lowest BCUT2D eigenvalue weighted by molar-refractivity contribution is 0.0599. The topological polar surface area (TPSA) is 40.2 Å². The van der Waals surface area contributed by atoms with Gasteiger partial charge < -0.3 is 18.3 Å². The molecule has 0 aromatic heterocycles. The fraction of sp³-hybridized carbons (Fsp3) is 1.00. The quantitative estimate of drug-likeness (QED) is 0.252. The van der Waals surface area contributed by atoms with Crippen LogP contribution in [-0.4, -0.2) is 58.0 Å². The Morgan fingerprint density at radius 1 is 1.10 bits per heavy atom. The summed E-state index contributed by atoms with van der Waals surface area (Å²) < 4.78 is 23.0. The lowest BCUT2D eigenvalue weighted by Gasteiger charge is -2.31. The van der Waals surface area contributed by atoms with Crippen LogP contribution in [0.25, 0.3) is 0 Å². The minimum Gasteiger partial charge on any atom is -0.397 e. The largest absolute Gasteiger partial charge is 0.397 e. The van der Waals surface area contributed by atoms with Gasteiger partial charge in [-0.2, -0.15) is 0 Å². The van der Waals surface area contributed by atoms with Crippen LogP contribution in [0.2, 0.25) is 45.3 Å². The molecule has 0 amide bonds. The van der Waals surface area contributed by atoms with E-state index in [1.54, 1.807) is 0 Å². The molecule has 4 nitrogen and oxygen atoms in total. The van der Waals surface area contributed by atoms with Crippen LogP contribution in [0.15, 0.2) is 0 Å². The third-order valence-electron chi connectivity index (χ3n) is 2.40. The summed E-state index contributed by atoms with van der Waals surface area (Å²) in [6, 6.07) is 1.12. The molecule has 1 aliphatic heterocycles. The molecule has 1 aliphatic rings. The molecule has 1 heterocycles. The van der Waals surface area contributed by atoms with E-state index in [1.165, 1.54) is 0 Å². The molecule has 0 N–H and O–H groups in total. The maximum Gasteiger partial charge on any atom is 0.186 e. The van der Waals surface area contributed by atoms with Crippen LogP contribution in [0.1, 0.15) is 6.42 Å². The second-order valence-electron chi connectivity index (χ2n) is 7.13. The lowest BCUT2D eigenvalue weighted by atomic mass is 10.5. The van der Waals surface area contributed by atoms with Crippen LogP contribution in [0.5, 0.6) is 0 Å². The third kappa shape index (κ3) is 11.2. The second-order valence-corrected chi connectivity index (χ2v) is 17.4. The molecule has 0 saturated carbocycles. The van der Waals surface area contributed by atoms with E-state index >= 15 is 0 Å². The first-order valence-electron chi connectivity index (χ1n) is 7.44. The van der Waals surface area contributed by atoms with Crippen LogP contribution in [0.4, 0.5) is 0 Å². The summed E-state index contributed by atoms with van der Waals surface area (Å²) >= 11 is 0. The predicted molar refractivity (Wildman–Crippen MR) is 88.4 cm³/mol. The van der Waals surface area contributed by atoms with Crippen molar-refractivity contribution in [1.29, 1.82) is 0 Å². The van der Waals surface area contributed by atoms with Crippen LogP contribution in [-0.2, 0) is 18.3 Å². The Bertz CT molecular complexity index is 256. The van der Waals surface area contributed by atoms with E-state index in [0.717, 1.165) is 32.3 Å². The predicted octanol–water partition coefficient (Wildman–Crippen LogP) is 2.90. The average molecular weight is 335 g/mol. The van der Waals surface area contributed by atoms with E-state index in [0.29, 0.717) is 15.6 Å². The van der Waals surface area contributed by atoms with Crippen LogP contribution < -0.4 is 0 Å². The van der Waals surface area contributed by atoms with Crippen LogP contribution in [0.3, 0.4) is 0 Å². The molecule has 0 bridgehead atoms. The summed E-state index contributed by atoms with van der Waals surface area (Å²) in [5, 5.41) is 0. The molecule has 1 saturated heterocycles. The lowest BCUT2D eigenvalue weighted by Crippen LogP contribution is -2.43. The van der Waals surface area contributed by atoms with Crippen molar-refractivity contribution in [3.63, 3.8) is 0 Å². The summed E-state index contributed by atoms with van der Waals surface area (Å²) in [7, 11) is -2.39. The Morgan fingerprint density at radius 2 is 1.65 bits per heavy atom. The van der Waals surface area contributed by atoms with Gasteiger partial charge in [-0.1, -0.05) is 6.04 Å². The Hall–Kier alpha value is 0.491. The maximum atomic E-state index is 6.17. The van der Waals surface area contributed by atoms with Gasteiger partial charge in [-0.3, -0.25) is 0 Å². The molecule has 20 heavy (non-hydrogen) atoms. The van der Waals surface area contributed by atoms with Crippen molar-refractivity contribution in [1.82, 2.24) is 0 Å². The van der Waals surface area contributed by atoms with Gasteiger partial charge >= 0.3 is 0 Å². The van der Waals surface area contributed by atoms with Gasteiger partial charge in [0.1, 0.15) is 21.5 Å². The van der Waals surface area contributed by atoms with Gasteiger partial charge in [0.15, 0.2) is 16.6 Å². The molecule has 2 radical (unpaired) electrons. The van der Waals surface area contributed by atoms with Crippen LogP contribution in [0, 0.1) is 0 Å². The Kier molecular flexibility index (Phi) is 7.61. The summed E-state index contributed by atoms with van der Waals surface area (Å²) in [6.07, 6.45) is 1.45. The monoisotopic (exact) mass is 334 g/mol. The van der Waals surface area contributed by atoms with E-state index in [-0.39, 0.29) is 5.91 Å². The molecule has 1 unspecified atom stereocenters. The average Bonchev–Trinajstić information content (AvgIpc) is 3.01. The van der Waals surface area contributed by atoms with E-state index in [4.69, 9.17) is 18.3 Å². The zero-order valence-electron chi connectivity index (χ0n) is 13.8. The second kappa shape index (κ2) is 8.21. The van der Waals surface area contributed by atoms with Gasteiger partial charge in [0.05, 0.1) is 13.2 Å². The Balaban J connectivity index is 2.17. The van der Waals surface area contributed by atoms with E-state index < -0.39 is 16.6 Å². The molecule has 118 valence electrons. The van der Waals surface area contributed by atoms with Crippen molar-refractivity contribution in [3.05, 3.63) is 0 Å². The van der Waals surface area contributed by atoms with Gasteiger partial charge in [0.25, 0.3) is 0 Å². The van der Waals surface area contributed by atoms with Crippen molar-refractivity contribution >= 4 is 26.2 Å². The van der Waals surface area contributed by atoms with Gasteiger partial charge in [-0.25, -0.2) is 0 Å². The molecule has 7 heteroatoms. The SMILES string of the molecule is C[Si](C)(C)OC(O[Si](C)(C)C)[Si]CCCOCC1CO1. The zero-order chi connectivity index (χ0) is 15.2. The number of hydrogen-bond acceptors (Lipinski definition) is 4. The van der Waals surface area contributed by atoms with Crippen molar-refractivity contribution in [2.75, 3.05) is 19.8 Å². The molecular formula is C13H30O4Si3. The first-order valence-corrected chi connectivity index (χ1v) is 15.5. The third-order valence-corrected chi connectivity index (χ3v) is 5.93. The van der Waals surface area contributed by atoms with Crippen molar-refractivity contribution < 1.29 is 18.3 Å². The van der Waals surface area contributed by atoms with Crippen LogP contribution >= 0.6 is 0 Å². The zero-order valence-corrected chi connectivity index (χ0v) is 16.8. The standard InChI is InChI=1S/C13H30O4Si3/c1-19(2,3)16-13(17-20(4,5)6)18-9-7-8-14-10-12-11-15-12/h12-13H,7-11H2,1-6H3. The highest BCUT2D eigenvalue weighted by molar-refractivity contribution is 6.71. The fourth-order valence-electron chi connectivity index (χ4n) is 1.52. The molecule has 0 spiro atoms. The highest BCUT2D eigenvalue weighted by Crippen LogP contribution is 2.15. The highest BCUT2D eigenvalue weighted by Gasteiger charge is 2.27. The first-order chi connectivity index (χ1) is 9.16. The molecule has 1 rings (SSSR count). The number of epoxide rings is 1. The van der Waals surface area contributed by atoms with Gasteiger partial charge in [0.2, 0.25) is 0 Å². The van der Waals surface area contributed by atoms with E-state index in [2.05, 4.69) is 39.3 Å². The molecule has 0 aliphatic carbocycles. The molecule has 0 aromatic carbocycles. The van der Waals surface area contributed by atoms with Gasteiger partial charge in [0, 0.05) is 6.61 Å². The summed E-state index contributed by atoms with van der Waals surface area (Å²) in [4.78, 5) is 0. The van der Waals surface area contributed by atoms with E-state index in [1.807, 2.05) is 0 Å². The number of ether oxygens (including phenoxy) is 2. The molecular weight excluding hydrogens is 304 g/mol. The maximum absolute atomic E-state index is 6.17. The van der Waals surface area contributed by atoms with Crippen molar-refractivity contribution in [3.8, 4) is 0 Å². The summed E-state index contributed by atoms with van der Waals surface area (Å²) in [5.41, 5.74) is 0. The van der Waals surface area contributed by atoms with Crippen molar-refractivity contribution in [2.24, 2.45) is 0 Å². The van der Waals surface area contributed by atoms with E-state index in [9.17, 15) is 0 Å². The number of hydrogen-bond donors (Lipinski definition) is 0. The summed E-state index contributed by atoms with van der Waals surface area (Å²) in [6.45, 7) is 15.8. The first kappa shape index (κ1) is 18.5. The molecule has 1 fully saturated rings. The minimum absolute atomic E-state index is 0.0000914. The minimum atomic E-state index is -1.55. The summed E-state index contributed by atoms with van der Waals surface area (Å²) in [5.74, 6) is 0.0000914. The Morgan fingerprint density at radius 3 is 2.10 bits per heavy atom. The highest BCUT2D eigenvalue weighted by atomic mass is 28.4. The van der Waals surface area contributed by atoms with Crippen molar-refractivity contribution in [2.45, 2.75) is 63.8 Å². The smallest absolute Gasteiger partial charge is 0.186 e. The molecule has 1 atom stereocenters. The van der Waals surface area contributed by atoms with Gasteiger partial charge in [-0.15, -0.1) is 0 Å². The normalized spacial score (nSPS) is 19.6. The van der Waals surface area contributed by atoms with Gasteiger partial charge in [-0.05, 0) is 45.7 Å².